The highest BCUT2D eigenvalue weighted by Gasteiger charge is 2.22. The van der Waals surface area contributed by atoms with E-state index in [9.17, 15) is 14.4 Å². The number of ether oxygens (including phenoxy) is 1. The molecule has 0 saturated carbocycles. The lowest BCUT2D eigenvalue weighted by Crippen LogP contribution is -2.47. The molecular formula is C10H17N3O5. The van der Waals surface area contributed by atoms with Crippen LogP contribution in [0.4, 0.5) is 4.79 Å². The van der Waals surface area contributed by atoms with Gasteiger partial charge in [0.2, 0.25) is 5.91 Å². The lowest BCUT2D eigenvalue weighted by molar-refractivity contribution is -0.148. The second-order valence-corrected chi connectivity index (χ2v) is 3.87. The van der Waals surface area contributed by atoms with E-state index in [1.165, 1.54) is 12.0 Å². The van der Waals surface area contributed by atoms with Gasteiger partial charge < -0.3 is 25.4 Å². The third-order valence-electron chi connectivity index (χ3n) is 2.55. The summed E-state index contributed by atoms with van der Waals surface area (Å²) in [5.74, 6) is -1.37. The third-order valence-corrected chi connectivity index (χ3v) is 2.55. The van der Waals surface area contributed by atoms with Gasteiger partial charge in [-0.3, -0.25) is 4.79 Å². The first kappa shape index (κ1) is 14.2. The van der Waals surface area contributed by atoms with Gasteiger partial charge in [-0.25, -0.2) is 9.59 Å². The Morgan fingerprint density at radius 3 is 2.94 bits per heavy atom. The summed E-state index contributed by atoms with van der Waals surface area (Å²) < 4.78 is 4.68. The van der Waals surface area contributed by atoms with Gasteiger partial charge in [0.15, 0.2) is 6.10 Å². The van der Waals surface area contributed by atoms with Gasteiger partial charge in [-0.1, -0.05) is 0 Å². The number of urea groups is 1. The molecule has 1 aliphatic heterocycles. The van der Waals surface area contributed by atoms with E-state index < -0.39 is 18.1 Å². The van der Waals surface area contributed by atoms with E-state index in [1.54, 1.807) is 0 Å². The van der Waals surface area contributed by atoms with Crippen molar-refractivity contribution in [1.29, 1.82) is 0 Å². The van der Waals surface area contributed by atoms with Crippen molar-refractivity contribution in [3.63, 3.8) is 0 Å². The van der Waals surface area contributed by atoms with Crippen LogP contribution in [-0.4, -0.2) is 67.3 Å². The SMILES string of the molecule is COC(CNC(=O)N1CCCNC(=O)C1)C(=O)O. The summed E-state index contributed by atoms with van der Waals surface area (Å²) in [4.78, 5) is 35.0. The maximum atomic E-state index is 11.7. The minimum absolute atomic E-state index is 0.0173. The highest BCUT2D eigenvalue weighted by molar-refractivity contribution is 5.84. The van der Waals surface area contributed by atoms with E-state index in [4.69, 9.17) is 5.11 Å². The fourth-order valence-electron chi connectivity index (χ4n) is 1.54. The van der Waals surface area contributed by atoms with Gasteiger partial charge in [0, 0.05) is 20.2 Å². The molecule has 1 heterocycles. The van der Waals surface area contributed by atoms with Gasteiger partial charge in [-0.05, 0) is 6.42 Å². The Labute approximate surface area is 104 Å². The fourth-order valence-corrected chi connectivity index (χ4v) is 1.54. The number of nitrogens with zero attached hydrogens (tertiary/aromatic N) is 1. The molecule has 8 nitrogen and oxygen atoms in total. The van der Waals surface area contributed by atoms with Crippen molar-refractivity contribution >= 4 is 17.9 Å². The summed E-state index contributed by atoms with van der Waals surface area (Å²) in [5, 5.41) is 13.8. The summed E-state index contributed by atoms with van der Waals surface area (Å²) >= 11 is 0. The number of hydrogen-bond donors (Lipinski definition) is 3. The van der Waals surface area contributed by atoms with Crippen molar-refractivity contribution in [2.45, 2.75) is 12.5 Å². The monoisotopic (exact) mass is 259 g/mol. The van der Waals surface area contributed by atoms with Crippen LogP contribution in [0.2, 0.25) is 0 Å². The van der Waals surface area contributed by atoms with Crippen LogP contribution >= 0.6 is 0 Å². The standard InChI is InChI=1S/C10H17N3O5/c1-18-7(9(15)16)5-12-10(17)13-4-2-3-11-8(14)6-13/h7H,2-6H2,1H3,(H,11,14)(H,12,17)(H,15,16). The highest BCUT2D eigenvalue weighted by atomic mass is 16.5. The molecule has 0 aromatic rings. The summed E-state index contributed by atoms with van der Waals surface area (Å²) in [6, 6.07) is -0.463. The zero-order chi connectivity index (χ0) is 13.5. The van der Waals surface area contributed by atoms with Crippen molar-refractivity contribution in [1.82, 2.24) is 15.5 Å². The molecule has 102 valence electrons. The number of nitrogens with one attached hydrogen (secondary N) is 2. The van der Waals surface area contributed by atoms with E-state index in [1.807, 2.05) is 0 Å². The quantitative estimate of drug-likeness (QED) is 0.576. The molecule has 0 aromatic heterocycles. The molecule has 1 atom stereocenters. The zero-order valence-corrected chi connectivity index (χ0v) is 10.1. The average Bonchev–Trinajstić information content (AvgIpc) is 2.54. The second kappa shape index (κ2) is 6.80. The van der Waals surface area contributed by atoms with Gasteiger partial charge >= 0.3 is 12.0 Å². The topological polar surface area (TPSA) is 108 Å². The van der Waals surface area contributed by atoms with Crippen LogP contribution < -0.4 is 10.6 Å². The number of aliphatic carboxylic acids is 1. The molecule has 1 rings (SSSR count). The molecule has 3 N–H and O–H groups in total. The minimum atomic E-state index is -1.15. The van der Waals surface area contributed by atoms with E-state index >= 15 is 0 Å². The molecule has 0 aromatic carbocycles. The fraction of sp³-hybridized carbons (Fsp3) is 0.700. The lowest BCUT2D eigenvalue weighted by Gasteiger charge is -2.20. The molecule has 8 heteroatoms. The maximum absolute atomic E-state index is 11.7. The number of carbonyl (C=O) groups is 3. The molecule has 1 fully saturated rings. The van der Waals surface area contributed by atoms with E-state index in [0.29, 0.717) is 19.5 Å². The predicted molar refractivity (Wildman–Crippen MR) is 61.0 cm³/mol. The second-order valence-electron chi connectivity index (χ2n) is 3.87. The number of hydrogen-bond acceptors (Lipinski definition) is 4. The normalized spacial score (nSPS) is 17.6. The molecule has 1 unspecified atom stereocenters. The first-order valence-electron chi connectivity index (χ1n) is 5.59. The van der Waals surface area contributed by atoms with Crippen molar-refractivity contribution < 1.29 is 24.2 Å². The summed E-state index contributed by atoms with van der Waals surface area (Å²) in [5.41, 5.74) is 0. The molecule has 1 saturated heterocycles. The van der Waals surface area contributed by atoms with Gasteiger partial charge in [0.1, 0.15) is 6.54 Å². The van der Waals surface area contributed by atoms with Crippen molar-refractivity contribution in [3.8, 4) is 0 Å². The van der Waals surface area contributed by atoms with Gasteiger partial charge in [-0.2, -0.15) is 0 Å². The lowest BCUT2D eigenvalue weighted by atomic mass is 10.3. The molecular weight excluding hydrogens is 242 g/mol. The van der Waals surface area contributed by atoms with E-state index in [2.05, 4.69) is 15.4 Å². The highest BCUT2D eigenvalue weighted by Crippen LogP contribution is 1.97. The van der Waals surface area contributed by atoms with E-state index in [-0.39, 0.29) is 19.0 Å². The van der Waals surface area contributed by atoms with E-state index in [0.717, 1.165) is 0 Å². The van der Waals surface area contributed by atoms with Crippen molar-refractivity contribution in [2.75, 3.05) is 33.3 Å². The van der Waals surface area contributed by atoms with Crippen molar-refractivity contribution in [2.24, 2.45) is 0 Å². The molecule has 0 bridgehead atoms. The third kappa shape index (κ3) is 4.21. The molecule has 0 radical (unpaired) electrons. The first-order chi connectivity index (χ1) is 8.54. The van der Waals surface area contributed by atoms with Crippen LogP contribution in [0.3, 0.4) is 0 Å². The zero-order valence-electron chi connectivity index (χ0n) is 10.1. The Kier molecular flexibility index (Phi) is 5.37. The minimum Gasteiger partial charge on any atom is -0.479 e. The smallest absolute Gasteiger partial charge is 0.334 e. The van der Waals surface area contributed by atoms with Crippen LogP contribution in [0.1, 0.15) is 6.42 Å². The number of amides is 3. The molecule has 0 aliphatic carbocycles. The number of carbonyl (C=O) groups excluding carboxylic acids is 2. The molecule has 18 heavy (non-hydrogen) atoms. The summed E-state index contributed by atoms with van der Waals surface area (Å²) in [6.07, 6.45) is -0.416. The maximum Gasteiger partial charge on any atom is 0.334 e. The number of carboxylic acids is 1. The average molecular weight is 259 g/mol. The Hall–Kier alpha value is -1.83. The Morgan fingerprint density at radius 1 is 1.61 bits per heavy atom. The molecule has 1 aliphatic rings. The number of carboxylic acid groups (broad SMARTS) is 1. The van der Waals surface area contributed by atoms with Crippen LogP contribution in [-0.2, 0) is 14.3 Å². The Balaban J connectivity index is 2.43. The van der Waals surface area contributed by atoms with Gasteiger partial charge in [0.25, 0.3) is 0 Å². The number of methoxy groups -OCH3 is 1. The van der Waals surface area contributed by atoms with Crippen LogP contribution in [0.15, 0.2) is 0 Å². The predicted octanol–water partition coefficient (Wildman–Crippen LogP) is -1.38. The molecule has 3 amide bonds. The van der Waals surface area contributed by atoms with Crippen LogP contribution in [0, 0.1) is 0 Å². The Morgan fingerprint density at radius 2 is 2.33 bits per heavy atom. The largest absolute Gasteiger partial charge is 0.479 e. The van der Waals surface area contributed by atoms with Crippen LogP contribution in [0.25, 0.3) is 0 Å². The number of rotatable bonds is 4. The Bertz CT molecular complexity index is 333. The first-order valence-corrected chi connectivity index (χ1v) is 5.59. The van der Waals surface area contributed by atoms with Crippen LogP contribution in [0.5, 0.6) is 0 Å². The van der Waals surface area contributed by atoms with Crippen molar-refractivity contribution in [3.05, 3.63) is 0 Å². The van der Waals surface area contributed by atoms with Gasteiger partial charge in [0.05, 0.1) is 6.54 Å². The molecule has 0 spiro atoms. The van der Waals surface area contributed by atoms with Gasteiger partial charge in [-0.15, -0.1) is 0 Å². The summed E-state index contributed by atoms with van der Waals surface area (Å²) in [7, 11) is 1.25. The summed E-state index contributed by atoms with van der Waals surface area (Å²) in [6.45, 7) is 0.840.